The van der Waals surface area contributed by atoms with Crippen LogP contribution in [-0.2, 0) is 21.2 Å². The third-order valence-electron chi connectivity index (χ3n) is 5.53. The van der Waals surface area contributed by atoms with Crippen LogP contribution in [0.3, 0.4) is 0 Å². The molecule has 0 bridgehead atoms. The fourth-order valence-corrected chi connectivity index (χ4v) is 4.53. The molecule has 1 aliphatic carbocycles. The Bertz CT molecular complexity index is 929. The minimum absolute atomic E-state index is 0.0328. The molecule has 1 amide bonds. The van der Waals surface area contributed by atoms with Crippen LogP contribution in [0.2, 0.25) is 0 Å². The molecule has 2 fully saturated rings. The molecule has 2 atom stereocenters. The molecule has 1 saturated carbocycles. The summed E-state index contributed by atoms with van der Waals surface area (Å²) in [6, 6.07) is 4.27. The summed E-state index contributed by atoms with van der Waals surface area (Å²) in [5.41, 5.74) is 0.821. The lowest BCUT2D eigenvalue weighted by molar-refractivity contribution is -0.135. The number of benzene rings is 1. The first kappa shape index (κ1) is 21.8. The van der Waals surface area contributed by atoms with Crippen LogP contribution in [0.5, 0.6) is 0 Å². The van der Waals surface area contributed by atoms with Gasteiger partial charge in [0.2, 0.25) is 15.9 Å². The van der Waals surface area contributed by atoms with Crippen LogP contribution in [0.15, 0.2) is 18.2 Å². The molecule has 0 spiro atoms. The van der Waals surface area contributed by atoms with Crippen molar-refractivity contribution in [3.8, 4) is 11.8 Å². The summed E-state index contributed by atoms with van der Waals surface area (Å²) < 4.78 is 42.0. The summed E-state index contributed by atoms with van der Waals surface area (Å²) in [5.74, 6) is 5.73. The van der Waals surface area contributed by atoms with Gasteiger partial charge in [-0.2, -0.15) is 0 Å². The van der Waals surface area contributed by atoms with E-state index < -0.39 is 22.1 Å². The maximum atomic E-state index is 15.1. The highest BCUT2D eigenvalue weighted by atomic mass is 32.2. The quantitative estimate of drug-likeness (QED) is 0.720. The molecule has 158 valence electrons. The van der Waals surface area contributed by atoms with Crippen molar-refractivity contribution in [1.29, 1.82) is 0 Å². The van der Waals surface area contributed by atoms with Gasteiger partial charge in [-0.3, -0.25) is 4.79 Å². The highest BCUT2D eigenvalue weighted by Crippen LogP contribution is 2.28. The number of amides is 1. The van der Waals surface area contributed by atoms with E-state index in [1.54, 1.807) is 30.0 Å². The van der Waals surface area contributed by atoms with E-state index in [1.807, 2.05) is 13.8 Å². The maximum Gasteiger partial charge on any atom is 0.225 e. The zero-order valence-corrected chi connectivity index (χ0v) is 18.1. The predicted octanol–water partition coefficient (Wildman–Crippen LogP) is 2.69. The highest BCUT2D eigenvalue weighted by molar-refractivity contribution is 7.89. The van der Waals surface area contributed by atoms with E-state index in [1.165, 1.54) is 0 Å². The van der Waals surface area contributed by atoms with Gasteiger partial charge >= 0.3 is 0 Å². The van der Waals surface area contributed by atoms with E-state index >= 15 is 4.39 Å². The Morgan fingerprint density at radius 3 is 2.66 bits per heavy atom. The predicted molar refractivity (Wildman–Crippen MR) is 111 cm³/mol. The minimum Gasteiger partial charge on any atom is -0.337 e. The zero-order chi connectivity index (χ0) is 21.2. The van der Waals surface area contributed by atoms with Crippen molar-refractivity contribution in [2.45, 2.75) is 58.5 Å². The van der Waals surface area contributed by atoms with E-state index in [2.05, 4.69) is 16.6 Å². The Kier molecular flexibility index (Phi) is 6.65. The molecular formula is C22H29FN2O3S. The number of carbonyl (C=O) groups is 1. The van der Waals surface area contributed by atoms with Crippen LogP contribution in [0, 0.1) is 29.5 Å². The Balaban J connectivity index is 1.88. The summed E-state index contributed by atoms with van der Waals surface area (Å²) >= 11 is 0. The summed E-state index contributed by atoms with van der Waals surface area (Å²) in [4.78, 5) is 14.4. The van der Waals surface area contributed by atoms with Crippen molar-refractivity contribution in [2.75, 3.05) is 12.3 Å². The highest BCUT2D eigenvalue weighted by Gasteiger charge is 2.39. The normalized spacial score (nSPS) is 21.9. The van der Waals surface area contributed by atoms with Gasteiger partial charge in [0.1, 0.15) is 5.82 Å². The second-order valence-electron chi connectivity index (χ2n) is 8.20. The second kappa shape index (κ2) is 8.85. The lowest BCUT2D eigenvalue weighted by atomic mass is 9.98. The van der Waals surface area contributed by atoms with Crippen molar-refractivity contribution >= 4 is 15.9 Å². The number of hydrogen-bond acceptors (Lipinski definition) is 3. The van der Waals surface area contributed by atoms with Gasteiger partial charge < -0.3 is 4.90 Å². The summed E-state index contributed by atoms with van der Waals surface area (Å²) in [6.07, 6.45) is 2.91. The average Bonchev–Trinajstić information content (AvgIpc) is 3.43. The summed E-state index contributed by atoms with van der Waals surface area (Å²) in [6.45, 7) is 5.67. The molecule has 1 aliphatic heterocycles. The lowest BCUT2D eigenvalue weighted by Gasteiger charge is -2.30. The molecule has 5 nitrogen and oxygen atoms in total. The molecule has 2 aliphatic rings. The molecule has 1 saturated heterocycles. The zero-order valence-electron chi connectivity index (χ0n) is 17.2. The Hall–Kier alpha value is -1.91. The van der Waals surface area contributed by atoms with Gasteiger partial charge in [0.05, 0.1) is 17.4 Å². The van der Waals surface area contributed by atoms with E-state index in [0.29, 0.717) is 30.0 Å². The van der Waals surface area contributed by atoms with Crippen molar-refractivity contribution in [2.24, 2.45) is 11.8 Å². The number of carbonyl (C=O) groups excluding carboxylic acids is 1. The standard InChI is InChI=1S/C22H29FN2O3S/c1-4-29(27,28)24-19-12-13-25(22(26)15(2)3)20(19)14-18-7-5-6-17(21(18)23)11-10-16-8-9-16/h5-7,15-16,19-20,24H,4,8-9,12-14H2,1-3H3. The van der Waals surface area contributed by atoms with Gasteiger partial charge in [-0.15, -0.1) is 0 Å². The van der Waals surface area contributed by atoms with E-state index in [4.69, 9.17) is 0 Å². The third kappa shape index (κ3) is 5.37. The molecule has 0 aromatic heterocycles. The largest absolute Gasteiger partial charge is 0.337 e. The van der Waals surface area contributed by atoms with Gasteiger partial charge in [-0.25, -0.2) is 17.5 Å². The van der Waals surface area contributed by atoms with Crippen molar-refractivity contribution in [1.82, 2.24) is 9.62 Å². The first-order chi connectivity index (χ1) is 13.7. The first-order valence-corrected chi connectivity index (χ1v) is 12.0. The number of hydrogen-bond donors (Lipinski definition) is 1. The van der Waals surface area contributed by atoms with Crippen LogP contribution >= 0.6 is 0 Å². The maximum absolute atomic E-state index is 15.1. The lowest BCUT2D eigenvalue weighted by Crippen LogP contribution is -2.49. The monoisotopic (exact) mass is 420 g/mol. The Labute approximate surface area is 173 Å². The van der Waals surface area contributed by atoms with Crippen LogP contribution < -0.4 is 4.72 Å². The molecule has 2 unspecified atom stereocenters. The van der Waals surface area contributed by atoms with Crippen molar-refractivity contribution in [3.63, 3.8) is 0 Å². The molecule has 7 heteroatoms. The smallest absolute Gasteiger partial charge is 0.225 e. The second-order valence-corrected chi connectivity index (χ2v) is 10.2. The molecule has 1 N–H and O–H groups in total. The number of sulfonamides is 1. The fraction of sp³-hybridized carbons (Fsp3) is 0.591. The Morgan fingerprint density at radius 2 is 2.03 bits per heavy atom. The number of halogens is 1. The molecule has 3 rings (SSSR count). The molecular weight excluding hydrogens is 391 g/mol. The van der Waals surface area contributed by atoms with Crippen molar-refractivity contribution < 1.29 is 17.6 Å². The molecule has 1 aromatic carbocycles. The Morgan fingerprint density at radius 1 is 1.31 bits per heavy atom. The van der Waals surface area contributed by atoms with E-state index in [9.17, 15) is 13.2 Å². The number of nitrogens with one attached hydrogen (secondary N) is 1. The van der Waals surface area contributed by atoms with Crippen LogP contribution in [-0.4, -0.2) is 43.6 Å². The van der Waals surface area contributed by atoms with E-state index in [0.717, 1.165) is 12.8 Å². The van der Waals surface area contributed by atoms with Gasteiger partial charge in [0.15, 0.2) is 0 Å². The van der Waals surface area contributed by atoms with Crippen molar-refractivity contribution in [3.05, 3.63) is 35.1 Å². The molecule has 1 heterocycles. The van der Waals surface area contributed by atoms with Gasteiger partial charge in [0.25, 0.3) is 0 Å². The molecule has 0 radical (unpaired) electrons. The molecule has 1 aromatic rings. The first-order valence-electron chi connectivity index (χ1n) is 10.3. The van der Waals surface area contributed by atoms with Crippen LogP contribution in [0.4, 0.5) is 4.39 Å². The van der Waals surface area contributed by atoms with Crippen LogP contribution in [0.25, 0.3) is 0 Å². The summed E-state index contributed by atoms with van der Waals surface area (Å²) in [5, 5.41) is 0. The number of nitrogens with zero attached hydrogens (tertiary/aromatic N) is 1. The fourth-order valence-electron chi connectivity index (χ4n) is 3.63. The summed E-state index contributed by atoms with van der Waals surface area (Å²) in [7, 11) is -3.43. The van der Waals surface area contributed by atoms with Gasteiger partial charge in [0, 0.05) is 24.4 Å². The van der Waals surface area contributed by atoms with E-state index in [-0.39, 0.29) is 29.8 Å². The average molecular weight is 421 g/mol. The van der Waals surface area contributed by atoms with Gasteiger partial charge in [-0.05, 0) is 44.2 Å². The number of likely N-dealkylation sites (tertiary alicyclic amines) is 1. The molecule has 29 heavy (non-hydrogen) atoms. The minimum atomic E-state index is -3.43. The third-order valence-corrected chi connectivity index (χ3v) is 6.95. The van der Waals surface area contributed by atoms with Crippen LogP contribution in [0.1, 0.15) is 51.2 Å². The topological polar surface area (TPSA) is 66.5 Å². The number of rotatable bonds is 6. The SMILES string of the molecule is CCS(=O)(=O)NC1CCN(C(=O)C(C)C)C1Cc1cccc(C#CC2CC2)c1F. The van der Waals surface area contributed by atoms with Gasteiger partial charge in [-0.1, -0.05) is 37.8 Å².